The minimum absolute atomic E-state index is 0.0635. The van der Waals surface area contributed by atoms with Crippen LogP contribution in [0.25, 0.3) is 0 Å². The molecule has 16 nitrogen and oxygen atoms in total. The number of allylic oxidation sites excluding steroid dienone is 2. The van der Waals surface area contributed by atoms with Crippen LogP contribution in [0.2, 0.25) is 0 Å². The van der Waals surface area contributed by atoms with Crippen molar-refractivity contribution in [2.24, 2.45) is 50.2 Å². The first-order valence-corrected chi connectivity index (χ1v) is 20.9. The summed E-state index contributed by atoms with van der Waals surface area (Å²) in [5.74, 6) is -3.39. The van der Waals surface area contributed by atoms with Crippen molar-refractivity contribution in [1.29, 1.82) is 0 Å². The van der Waals surface area contributed by atoms with Crippen molar-refractivity contribution in [3.63, 3.8) is 0 Å². The van der Waals surface area contributed by atoms with Gasteiger partial charge in [0.15, 0.2) is 36.9 Å². The molecule has 0 aromatic carbocycles. The minimum atomic E-state index is -2.04. The van der Waals surface area contributed by atoms with Crippen molar-refractivity contribution in [2.75, 3.05) is 0 Å². The summed E-state index contributed by atoms with van der Waals surface area (Å²) in [6.45, 7) is 15.3. The predicted octanol–water partition coefficient (Wildman–Crippen LogP) is 1.49. The summed E-state index contributed by atoms with van der Waals surface area (Å²) >= 11 is 0. The lowest BCUT2D eigenvalue weighted by molar-refractivity contribution is -0.371. The van der Waals surface area contributed by atoms with Crippen LogP contribution in [0.3, 0.4) is 0 Å². The Morgan fingerprint density at radius 1 is 0.690 bits per heavy atom. The maximum atomic E-state index is 14.9. The Hall–Kier alpha value is -2.09. The van der Waals surface area contributed by atoms with Crippen LogP contribution in [0.5, 0.6) is 0 Å². The van der Waals surface area contributed by atoms with Gasteiger partial charge in [0.25, 0.3) is 0 Å². The molecule has 3 saturated heterocycles. The molecule has 5 aliphatic carbocycles. The molecule has 0 spiro atoms. The zero-order valence-corrected chi connectivity index (χ0v) is 34.3. The van der Waals surface area contributed by atoms with Crippen molar-refractivity contribution in [3.05, 3.63) is 11.6 Å². The third-order valence-corrected chi connectivity index (χ3v) is 17.7. The largest absolute Gasteiger partial charge is 0.479 e. The number of ether oxygens (including phenoxy) is 5. The zero-order valence-electron chi connectivity index (χ0n) is 34.3. The van der Waals surface area contributed by atoms with Gasteiger partial charge >= 0.3 is 11.9 Å². The van der Waals surface area contributed by atoms with Gasteiger partial charge in [0, 0.05) is 16.7 Å². The first-order valence-electron chi connectivity index (χ1n) is 20.9. The quantitative estimate of drug-likeness (QED) is 0.177. The van der Waals surface area contributed by atoms with E-state index in [9.17, 15) is 55.2 Å². The number of carbonyl (C=O) groups is 3. The first-order chi connectivity index (χ1) is 26.9. The maximum Gasteiger partial charge on any atom is 0.335 e. The average molecular weight is 823 g/mol. The Morgan fingerprint density at radius 2 is 1.31 bits per heavy atom. The maximum absolute atomic E-state index is 14.9. The Kier molecular flexibility index (Phi) is 10.1. The molecular weight excluding hydrogens is 760 g/mol. The summed E-state index contributed by atoms with van der Waals surface area (Å²) in [7, 11) is 0. The smallest absolute Gasteiger partial charge is 0.335 e. The van der Waals surface area contributed by atoms with E-state index >= 15 is 0 Å². The van der Waals surface area contributed by atoms with E-state index in [4.69, 9.17) is 23.7 Å². The average Bonchev–Trinajstić information content (AvgIpc) is 3.40. The molecular formula is C42H62O16. The molecule has 5 unspecified atom stereocenters. The second kappa shape index (κ2) is 13.7. The fourth-order valence-electron chi connectivity index (χ4n) is 14.0. The van der Waals surface area contributed by atoms with Crippen molar-refractivity contribution < 1.29 is 78.9 Å². The minimum Gasteiger partial charge on any atom is -0.479 e. The number of ketones is 1. The summed E-state index contributed by atoms with van der Waals surface area (Å²) in [5.41, 5.74) is -1.13. The van der Waals surface area contributed by atoms with Crippen LogP contribution in [0.15, 0.2) is 11.6 Å². The molecule has 326 valence electrons. The highest BCUT2D eigenvalue weighted by Gasteiger charge is 2.72. The topological polar surface area (TPSA) is 259 Å². The number of carboxylic acids is 2. The molecule has 8 N–H and O–H groups in total. The predicted molar refractivity (Wildman–Crippen MR) is 198 cm³/mol. The molecule has 0 aromatic heterocycles. The number of hydrogen-bond acceptors (Lipinski definition) is 14. The van der Waals surface area contributed by atoms with E-state index in [-0.39, 0.29) is 51.3 Å². The van der Waals surface area contributed by atoms with Gasteiger partial charge < -0.3 is 64.5 Å². The Bertz CT molecular complexity index is 1740. The van der Waals surface area contributed by atoms with Crippen molar-refractivity contribution in [1.82, 2.24) is 0 Å². The van der Waals surface area contributed by atoms with Crippen molar-refractivity contribution >= 4 is 17.7 Å². The highest BCUT2D eigenvalue weighted by atomic mass is 16.8. The van der Waals surface area contributed by atoms with Crippen molar-refractivity contribution in [3.8, 4) is 0 Å². The number of hydrogen-bond donors (Lipinski definition) is 8. The molecule has 2 bridgehead atoms. The highest BCUT2D eigenvalue weighted by Crippen LogP contribution is 2.76. The van der Waals surface area contributed by atoms with Gasteiger partial charge in [-0.15, -0.1) is 0 Å². The molecule has 0 aromatic rings. The van der Waals surface area contributed by atoms with Gasteiger partial charge in [-0.25, -0.2) is 9.59 Å². The lowest BCUT2D eigenvalue weighted by atomic mass is 9.33. The molecule has 3 aliphatic heterocycles. The molecule has 0 amide bonds. The fourth-order valence-corrected chi connectivity index (χ4v) is 14.0. The SMILES string of the molecule is CC12CC(OC1O)[C@]1(C)CC[C@]3(C)C(=CC(=O)C4[C@@]5(C)CC[C@H](O[C@@H]6O[C@H](C(=O)O)[C@@H](O)[C@H](O)[C@H]6O[C@@H]6O[C@H](C(=O)O)[C@@H](O)[C@H](O)[C@H]6O)C(C)(C)C5CC[C@]43C)[C@@H]1C2. The third-order valence-electron chi connectivity index (χ3n) is 17.7. The van der Waals surface area contributed by atoms with Crippen LogP contribution < -0.4 is 0 Å². The summed E-state index contributed by atoms with van der Waals surface area (Å²) in [4.78, 5) is 38.9. The summed E-state index contributed by atoms with van der Waals surface area (Å²) in [6.07, 6.45) is -13.1. The molecule has 7 fully saturated rings. The Labute approximate surface area is 337 Å². The van der Waals surface area contributed by atoms with Gasteiger partial charge in [-0.2, -0.15) is 0 Å². The number of aliphatic carboxylic acids is 2. The number of fused-ring (bicyclic) bond motifs is 10. The highest BCUT2D eigenvalue weighted by molar-refractivity contribution is 5.95. The summed E-state index contributed by atoms with van der Waals surface area (Å²) in [5, 5.41) is 83.8. The van der Waals surface area contributed by atoms with Gasteiger partial charge in [-0.3, -0.25) is 4.79 Å². The molecule has 58 heavy (non-hydrogen) atoms. The monoisotopic (exact) mass is 822 g/mol. The van der Waals surface area contributed by atoms with E-state index in [0.29, 0.717) is 12.8 Å². The molecule has 4 saturated carbocycles. The lowest BCUT2D eigenvalue weighted by Crippen LogP contribution is -2.68. The van der Waals surface area contributed by atoms with E-state index in [1.807, 2.05) is 19.9 Å². The van der Waals surface area contributed by atoms with Crippen LogP contribution >= 0.6 is 0 Å². The van der Waals surface area contributed by atoms with Crippen LogP contribution in [-0.2, 0) is 38.1 Å². The third kappa shape index (κ3) is 5.76. The number of carbonyl (C=O) groups excluding carboxylic acids is 1. The Morgan fingerprint density at radius 3 is 1.95 bits per heavy atom. The van der Waals surface area contributed by atoms with E-state index in [1.165, 1.54) is 5.57 Å². The molecule has 0 radical (unpaired) electrons. The molecule has 8 aliphatic rings. The second-order valence-corrected chi connectivity index (χ2v) is 20.9. The summed E-state index contributed by atoms with van der Waals surface area (Å²) < 4.78 is 29.6. The summed E-state index contributed by atoms with van der Waals surface area (Å²) in [6, 6.07) is 0. The van der Waals surface area contributed by atoms with Crippen LogP contribution in [0.1, 0.15) is 99.8 Å². The van der Waals surface area contributed by atoms with Gasteiger partial charge in [-0.05, 0) is 90.9 Å². The normalized spacial score (nSPS) is 55.9. The van der Waals surface area contributed by atoms with Gasteiger partial charge in [-0.1, -0.05) is 54.0 Å². The molecule has 8 rings (SSSR count). The number of aliphatic hydroxyl groups is 6. The number of aliphatic hydroxyl groups excluding tert-OH is 6. The zero-order chi connectivity index (χ0) is 42.4. The molecule has 21 atom stereocenters. The van der Waals surface area contributed by atoms with E-state index in [2.05, 4.69) is 34.6 Å². The fraction of sp³-hybridized carbons (Fsp3) is 0.881. The van der Waals surface area contributed by atoms with E-state index in [1.54, 1.807) is 0 Å². The Balaban J connectivity index is 1.08. The van der Waals surface area contributed by atoms with E-state index < -0.39 is 96.6 Å². The standard InChI is InChI=1S/C42H62O16/c1-37(2)20-8-11-42(7)31(19(43)14-17-18-15-38(3)16-22(55-36(38)53)39(18,4)12-13-41(17,42)6)40(20,5)10-9-21(37)54-35-30(26(47)25(46)29(57-35)33(51)52)58-34-27(48)23(44)24(45)28(56-34)32(49)50/h14,18,20-31,34-36,44-48,53H,8-13,15-16H2,1-7H3,(H,49,50)(H,51,52)/t18-,20?,21-,22?,23-,24-,25-,26-,27+,28-,29-,30+,31?,34-,35+,36?,38?,39+,40-,41+,42+/m0/s1. The molecule has 3 heterocycles. The van der Waals surface area contributed by atoms with Crippen LogP contribution in [0.4, 0.5) is 0 Å². The van der Waals surface area contributed by atoms with E-state index in [0.717, 1.165) is 38.5 Å². The van der Waals surface area contributed by atoms with Gasteiger partial charge in [0.1, 0.15) is 36.6 Å². The van der Waals surface area contributed by atoms with Gasteiger partial charge in [0.2, 0.25) is 0 Å². The molecule has 16 heteroatoms. The lowest BCUT2D eigenvalue weighted by Gasteiger charge is -2.70. The van der Waals surface area contributed by atoms with Gasteiger partial charge in [0.05, 0.1) is 12.2 Å². The van der Waals surface area contributed by atoms with Crippen LogP contribution in [-0.4, -0.2) is 138 Å². The number of carboxylic acid groups (broad SMARTS) is 2. The first kappa shape index (κ1) is 42.6. The second-order valence-electron chi connectivity index (χ2n) is 20.9. The van der Waals surface area contributed by atoms with Crippen molar-refractivity contribution in [2.45, 2.75) is 180 Å². The number of rotatable bonds is 6. The van der Waals surface area contributed by atoms with Crippen LogP contribution in [0, 0.1) is 50.2 Å².